The van der Waals surface area contributed by atoms with Crippen molar-refractivity contribution in [3.05, 3.63) is 42.9 Å². The van der Waals surface area contributed by atoms with Gasteiger partial charge in [-0.25, -0.2) is 0 Å². The zero-order chi connectivity index (χ0) is 15.3. The average Bonchev–Trinajstić information content (AvgIpc) is 2.42. The van der Waals surface area contributed by atoms with Crippen LogP contribution >= 0.6 is 15.9 Å². The Bertz CT molecular complexity index is 868. The number of carbonyl (C=O) groups is 1. The van der Waals surface area contributed by atoms with Gasteiger partial charge >= 0.3 is 17.1 Å². The number of aryl methyl sites for hydroxylation is 1. The molecule has 2 aromatic rings. The molecular weight excluding hydrogens is 340 g/mol. The van der Waals surface area contributed by atoms with Crippen LogP contribution in [0.25, 0.3) is 11.0 Å². The van der Waals surface area contributed by atoms with Gasteiger partial charge in [0.25, 0.3) is 0 Å². The number of aliphatic carboxylic acids is 1. The van der Waals surface area contributed by atoms with Crippen molar-refractivity contribution in [1.82, 2.24) is 9.55 Å². The van der Waals surface area contributed by atoms with Crippen molar-refractivity contribution in [2.75, 3.05) is 0 Å². The second-order valence-electron chi connectivity index (χ2n) is 5.32. The Morgan fingerprint density at radius 2 is 2.19 bits per heavy atom. The summed E-state index contributed by atoms with van der Waals surface area (Å²) < 4.78 is 2.17. The van der Waals surface area contributed by atoms with Crippen LogP contribution in [-0.4, -0.2) is 20.6 Å². The standard InChI is InChI=1S/C14H13BrN2O4/c1-6(14(20)21)10-3-2-7-4-8(15)5-9-11(7)17(10)13(19)12(18)16-9/h4-6,10H,2-3H2,1H3,(H,16,18)(H,20,21). The summed E-state index contributed by atoms with van der Waals surface area (Å²) in [4.78, 5) is 37.9. The number of rotatable bonds is 2. The normalized spacial score (nSPS) is 18.7. The summed E-state index contributed by atoms with van der Waals surface area (Å²) in [5.41, 5.74) is 0.694. The smallest absolute Gasteiger partial charge is 0.317 e. The van der Waals surface area contributed by atoms with Gasteiger partial charge in [0.1, 0.15) is 0 Å². The molecule has 0 aliphatic carbocycles. The number of hydrogen-bond acceptors (Lipinski definition) is 3. The summed E-state index contributed by atoms with van der Waals surface area (Å²) in [6.45, 7) is 1.57. The third kappa shape index (κ3) is 2.12. The molecule has 110 valence electrons. The summed E-state index contributed by atoms with van der Waals surface area (Å²) in [6.07, 6.45) is 1.19. The monoisotopic (exact) mass is 352 g/mol. The molecule has 0 radical (unpaired) electrons. The molecule has 7 heteroatoms. The van der Waals surface area contributed by atoms with Gasteiger partial charge in [0.2, 0.25) is 0 Å². The van der Waals surface area contributed by atoms with Crippen LogP contribution in [0.1, 0.15) is 24.9 Å². The number of carboxylic acids is 1. The van der Waals surface area contributed by atoms with E-state index < -0.39 is 29.0 Å². The van der Waals surface area contributed by atoms with Crippen molar-refractivity contribution in [2.45, 2.75) is 25.8 Å². The molecule has 3 rings (SSSR count). The van der Waals surface area contributed by atoms with Gasteiger partial charge in [-0.3, -0.25) is 19.0 Å². The fraction of sp³-hybridized carbons (Fsp3) is 0.357. The highest BCUT2D eigenvalue weighted by Crippen LogP contribution is 2.34. The highest BCUT2D eigenvalue weighted by atomic mass is 79.9. The topological polar surface area (TPSA) is 92.2 Å². The minimum absolute atomic E-state index is 0.506. The van der Waals surface area contributed by atoms with Gasteiger partial charge in [0.05, 0.1) is 23.0 Å². The number of nitrogens with zero attached hydrogens (tertiary/aromatic N) is 1. The molecule has 2 heterocycles. The zero-order valence-corrected chi connectivity index (χ0v) is 12.8. The first-order valence-electron chi connectivity index (χ1n) is 6.60. The Kier molecular flexibility index (Phi) is 3.24. The van der Waals surface area contributed by atoms with Crippen molar-refractivity contribution < 1.29 is 9.90 Å². The lowest BCUT2D eigenvalue weighted by Crippen LogP contribution is -2.43. The summed E-state index contributed by atoms with van der Waals surface area (Å²) in [5, 5.41) is 9.23. The van der Waals surface area contributed by atoms with Gasteiger partial charge in [-0.1, -0.05) is 15.9 Å². The van der Waals surface area contributed by atoms with Crippen LogP contribution in [0.15, 0.2) is 26.2 Å². The number of H-pyrrole nitrogens is 1. The molecule has 1 aromatic carbocycles. The Hall–Kier alpha value is -1.89. The maximum atomic E-state index is 12.2. The molecule has 1 aliphatic rings. The van der Waals surface area contributed by atoms with Crippen molar-refractivity contribution >= 4 is 32.9 Å². The van der Waals surface area contributed by atoms with Crippen molar-refractivity contribution in [2.24, 2.45) is 5.92 Å². The molecule has 2 N–H and O–H groups in total. The molecule has 21 heavy (non-hydrogen) atoms. The first-order chi connectivity index (χ1) is 9.90. The first kappa shape index (κ1) is 14.1. The average molecular weight is 353 g/mol. The lowest BCUT2D eigenvalue weighted by Gasteiger charge is -2.30. The molecule has 2 unspecified atom stereocenters. The van der Waals surface area contributed by atoms with Gasteiger partial charge < -0.3 is 10.1 Å². The Morgan fingerprint density at radius 1 is 1.48 bits per heavy atom. The van der Waals surface area contributed by atoms with Gasteiger partial charge in [-0.15, -0.1) is 0 Å². The van der Waals surface area contributed by atoms with Crippen LogP contribution in [-0.2, 0) is 11.2 Å². The summed E-state index contributed by atoms with van der Waals surface area (Å²) in [6, 6.07) is 3.12. The number of aromatic amines is 1. The van der Waals surface area contributed by atoms with E-state index in [4.69, 9.17) is 0 Å². The number of nitrogens with one attached hydrogen (secondary N) is 1. The van der Waals surface area contributed by atoms with E-state index in [1.807, 2.05) is 6.07 Å². The van der Waals surface area contributed by atoms with Crippen LogP contribution in [0.5, 0.6) is 0 Å². The van der Waals surface area contributed by atoms with E-state index in [1.165, 1.54) is 4.57 Å². The SMILES string of the molecule is CC(C(=O)O)C1CCc2cc(Br)cc3[nH]c(=O)c(=O)n1c23. The molecule has 2 atom stereocenters. The second kappa shape index (κ2) is 4.84. The maximum Gasteiger partial charge on any atom is 0.317 e. The summed E-state index contributed by atoms with van der Waals surface area (Å²) >= 11 is 3.38. The lowest BCUT2D eigenvalue weighted by atomic mass is 9.90. The molecule has 1 aliphatic heterocycles. The number of benzene rings is 1. The van der Waals surface area contributed by atoms with Crippen LogP contribution < -0.4 is 11.1 Å². The van der Waals surface area contributed by atoms with Crippen LogP contribution in [0.2, 0.25) is 0 Å². The largest absolute Gasteiger partial charge is 0.481 e. The van der Waals surface area contributed by atoms with Crippen LogP contribution in [0.4, 0.5) is 0 Å². The van der Waals surface area contributed by atoms with Gasteiger partial charge in [0.15, 0.2) is 0 Å². The van der Waals surface area contributed by atoms with Crippen molar-refractivity contribution in [1.29, 1.82) is 0 Å². The maximum absolute atomic E-state index is 12.2. The highest BCUT2D eigenvalue weighted by Gasteiger charge is 2.31. The highest BCUT2D eigenvalue weighted by molar-refractivity contribution is 9.10. The Labute approximate surface area is 127 Å². The Morgan fingerprint density at radius 3 is 2.86 bits per heavy atom. The third-order valence-corrected chi connectivity index (χ3v) is 4.52. The van der Waals surface area contributed by atoms with Crippen LogP contribution in [0, 0.1) is 5.92 Å². The quantitative estimate of drug-likeness (QED) is 0.804. The van der Waals surface area contributed by atoms with Gasteiger partial charge in [-0.2, -0.15) is 0 Å². The predicted octanol–water partition coefficient (Wildman–Crippen LogP) is 1.66. The van der Waals surface area contributed by atoms with E-state index in [2.05, 4.69) is 20.9 Å². The van der Waals surface area contributed by atoms with Gasteiger partial charge in [0, 0.05) is 4.47 Å². The first-order valence-corrected chi connectivity index (χ1v) is 7.39. The molecule has 0 fully saturated rings. The molecule has 0 amide bonds. The number of carboxylic acid groups (broad SMARTS) is 1. The van der Waals surface area contributed by atoms with E-state index in [9.17, 15) is 19.5 Å². The molecule has 0 saturated carbocycles. The number of hydrogen-bond donors (Lipinski definition) is 2. The molecule has 6 nitrogen and oxygen atoms in total. The van der Waals surface area contributed by atoms with E-state index in [0.29, 0.717) is 23.9 Å². The summed E-state index contributed by atoms with van der Waals surface area (Å²) in [7, 11) is 0. The van der Waals surface area contributed by atoms with Crippen molar-refractivity contribution in [3.63, 3.8) is 0 Å². The van der Waals surface area contributed by atoms with Crippen molar-refractivity contribution in [3.8, 4) is 0 Å². The molecule has 0 bridgehead atoms. The molecule has 0 spiro atoms. The fourth-order valence-corrected chi connectivity index (χ4v) is 3.51. The number of halogens is 1. The Balaban J connectivity index is 2.41. The zero-order valence-electron chi connectivity index (χ0n) is 11.2. The number of aromatic nitrogens is 2. The van der Waals surface area contributed by atoms with E-state index >= 15 is 0 Å². The summed E-state index contributed by atoms with van der Waals surface area (Å²) in [5.74, 6) is -1.70. The fourth-order valence-electron chi connectivity index (χ4n) is 3.00. The molecular formula is C14H13BrN2O4. The lowest BCUT2D eigenvalue weighted by molar-refractivity contribution is -0.142. The third-order valence-electron chi connectivity index (χ3n) is 4.06. The van der Waals surface area contributed by atoms with E-state index in [0.717, 1.165) is 10.0 Å². The minimum Gasteiger partial charge on any atom is -0.481 e. The second-order valence-corrected chi connectivity index (χ2v) is 6.24. The molecule has 0 saturated heterocycles. The van der Waals surface area contributed by atoms with Gasteiger partial charge in [-0.05, 0) is 37.5 Å². The predicted molar refractivity (Wildman–Crippen MR) is 80.7 cm³/mol. The van der Waals surface area contributed by atoms with E-state index in [-0.39, 0.29) is 0 Å². The molecule has 1 aromatic heterocycles. The van der Waals surface area contributed by atoms with Crippen LogP contribution in [0.3, 0.4) is 0 Å². The minimum atomic E-state index is -0.971. The van der Waals surface area contributed by atoms with E-state index in [1.54, 1.807) is 13.0 Å².